The first-order valence-corrected chi connectivity index (χ1v) is 10.3. The van der Waals surface area contributed by atoms with E-state index in [9.17, 15) is 4.79 Å². The second-order valence-electron chi connectivity index (χ2n) is 7.20. The summed E-state index contributed by atoms with van der Waals surface area (Å²) < 4.78 is 0. The molecule has 1 aliphatic carbocycles. The average molecular weight is 384 g/mol. The molecular formula is C22H33N5O+2. The molecule has 0 saturated carbocycles. The Morgan fingerprint density at radius 2 is 1.54 bits per heavy atom. The van der Waals surface area contributed by atoms with Crippen LogP contribution in [-0.2, 0) is 0 Å². The minimum absolute atomic E-state index is 0.149. The van der Waals surface area contributed by atoms with Crippen molar-refractivity contribution in [3.8, 4) is 0 Å². The molecule has 0 fully saturated rings. The van der Waals surface area contributed by atoms with Crippen LogP contribution < -0.4 is 27.0 Å². The van der Waals surface area contributed by atoms with Crippen LogP contribution in [0.1, 0.15) is 15.9 Å². The molecule has 0 heterocycles. The van der Waals surface area contributed by atoms with E-state index in [2.05, 4.69) is 45.5 Å². The Bertz CT molecular complexity index is 812. The van der Waals surface area contributed by atoms with E-state index in [0.29, 0.717) is 6.54 Å². The minimum atomic E-state index is 0.149. The number of benzene rings is 2. The summed E-state index contributed by atoms with van der Waals surface area (Å²) in [6, 6.07) is 12.2. The van der Waals surface area contributed by atoms with Crippen molar-refractivity contribution in [1.82, 2.24) is 10.6 Å². The molecule has 28 heavy (non-hydrogen) atoms. The van der Waals surface area contributed by atoms with Crippen LogP contribution in [0, 0.1) is 0 Å². The minimum Gasteiger partial charge on any atom is -0.344 e. The van der Waals surface area contributed by atoms with E-state index >= 15 is 0 Å². The highest BCUT2D eigenvalue weighted by Gasteiger charge is 2.20. The van der Waals surface area contributed by atoms with Crippen molar-refractivity contribution in [3.63, 3.8) is 0 Å². The molecule has 0 aromatic heterocycles. The van der Waals surface area contributed by atoms with Crippen LogP contribution >= 0.6 is 0 Å². The standard InChI is InChI=1S/C22H31N5O/c23-7-8-24-9-10-25-11-12-26-13-14-27-16-19-15-18-5-1-3-17-4-2-6-20(21(17)18)22(19)28/h1-6,15,24-27H,7-14,16,23H2/p+2. The van der Waals surface area contributed by atoms with Gasteiger partial charge in [-0.1, -0.05) is 36.4 Å². The Morgan fingerprint density at radius 3 is 2.29 bits per heavy atom. The van der Waals surface area contributed by atoms with Crippen LogP contribution in [0.15, 0.2) is 42.0 Å². The Labute approximate surface area is 166 Å². The fourth-order valence-electron chi connectivity index (χ4n) is 3.60. The van der Waals surface area contributed by atoms with Crippen molar-refractivity contribution in [3.05, 3.63) is 53.1 Å². The third-order valence-corrected chi connectivity index (χ3v) is 5.06. The molecule has 3 rings (SSSR count). The van der Waals surface area contributed by atoms with Crippen molar-refractivity contribution in [2.75, 3.05) is 58.9 Å². The van der Waals surface area contributed by atoms with Gasteiger partial charge in [0.05, 0.1) is 26.2 Å². The number of hydrogen-bond acceptors (Lipinski definition) is 4. The lowest BCUT2D eigenvalue weighted by molar-refractivity contribution is -0.654. The number of carbonyl (C=O) groups excluding carboxylic acids is 1. The van der Waals surface area contributed by atoms with Crippen LogP contribution in [0.25, 0.3) is 16.8 Å². The maximum atomic E-state index is 12.8. The number of nitrogens with one attached hydrogen (secondary N) is 2. The van der Waals surface area contributed by atoms with E-state index < -0.39 is 0 Å². The predicted molar refractivity (Wildman–Crippen MR) is 114 cm³/mol. The number of ketones is 1. The lowest BCUT2D eigenvalue weighted by Gasteiger charge is -2.17. The van der Waals surface area contributed by atoms with Gasteiger partial charge in [-0.2, -0.15) is 0 Å². The largest absolute Gasteiger partial charge is 0.344 e. The van der Waals surface area contributed by atoms with Gasteiger partial charge in [-0.25, -0.2) is 0 Å². The van der Waals surface area contributed by atoms with Crippen molar-refractivity contribution in [1.29, 1.82) is 0 Å². The van der Waals surface area contributed by atoms with Gasteiger partial charge in [0.2, 0.25) is 0 Å². The SMILES string of the molecule is NCC[NH2+]CCNCC[NH2+]CCNCC1=Cc2cccc3cccc(c23)C1=O. The molecule has 2 aromatic carbocycles. The Morgan fingerprint density at radius 1 is 0.857 bits per heavy atom. The van der Waals surface area contributed by atoms with Gasteiger partial charge in [-0.05, 0) is 17.0 Å². The first-order valence-electron chi connectivity index (χ1n) is 10.3. The highest BCUT2D eigenvalue weighted by atomic mass is 16.1. The lowest BCUT2D eigenvalue weighted by atomic mass is 9.88. The zero-order valence-electron chi connectivity index (χ0n) is 16.5. The number of quaternary nitrogens is 2. The second kappa shape index (κ2) is 11.0. The molecular weight excluding hydrogens is 350 g/mol. The maximum absolute atomic E-state index is 12.8. The van der Waals surface area contributed by atoms with Crippen molar-refractivity contribution in [2.24, 2.45) is 5.73 Å². The van der Waals surface area contributed by atoms with Crippen molar-refractivity contribution >= 4 is 22.6 Å². The molecule has 0 radical (unpaired) electrons. The summed E-state index contributed by atoms with van der Waals surface area (Å²) >= 11 is 0. The van der Waals surface area contributed by atoms with E-state index in [1.165, 1.54) is 0 Å². The Balaban J connectivity index is 1.34. The summed E-state index contributed by atoms with van der Waals surface area (Å²) in [6.45, 7) is 8.44. The number of nitrogens with two attached hydrogens (primary N) is 3. The van der Waals surface area contributed by atoms with Gasteiger partial charge in [-0.3, -0.25) is 4.79 Å². The summed E-state index contributed by atoms with van der Waals surface area (Å²) in [5, 5.41) is 13.6. The second-order valence-corrected chi connectivity index (χ2v) is 7.20. The Hall–Kier alpha value is -2.09. The summed E-state index contributed by atoms with van der Waals surface area (Å²) in [5.74, 6) is 0.149. The molecule has 0 spiro atoms. The van der Waals surface area contributed by atoms with Crippen LogP contribution in [0.4, 0.5) is 0 Å². The first kappa shape index (κ1) is 20.6. The van der Waals surface area contributed by atoms with E-state index in [1.807, 2.05) is 18.2 Å². The van der Waals surface area contributed by atoms with Crippen molar-refractivity contribution in [2.45, 2.75) is 0 Å². The third kappa shape index (κ3) is 5.47. The fraction of sp³-hybridized carbons (Fsp3) is 0.409. The molecule has 0 aliphatic heterocycles. The molecule has 2 aromatic rings. The number of hydrogen-bond donors (Lipinski definition) is 5. The Kier molecular flexibility index (Phi) is 8.14. The topological polar surface area (TPSA) is 100 Å². The predicted octanol–water partition coefficient (Wildman–Crippen LogP) is -1.32. The average Bonchev–Trinajstić information content (AvgIpc) is 2.72. The van der Waals surface area contributed by atoms with Gasteiger partial charge in [0, 0.05) is 49.2 Å². The summed E-state index contributed by atoms with van der Waals surface area (Å²) in [5.41, 5.74) is 8.28. The van der Waals surface area contributed by atoms with Crippen molar-refractivity contribution < 1.29 is 15.4 Å². The summed E-state index contributed by atoms with van der Waals surface area (Å²) in [4.78, 5) is 12.8. The molecule has 150 valence electrons. The molecule has 1 aliphatic rings. The monoisotopic (exact) mass is 383 g/mol. The molecule has 6 nitrogen and oxygen atoms in total. The van der Waals surface area contributed by atoms with Crippen LogP contribution in [0.5, 0.6) is 0 Å². The maximum Gasteiger partial charge on any atom is 0.190 e. The van der Waals surface area contributed by atoms with Crippen LogP contribution in [0.2, 0.25) is 0 Å². The van der Waals surface area contributed by atoms with Crippen LogP contribution in [0.3, 0.4) is 0 Å². The molecule has 0 amide bonds. The van der Waals surface area contributed by atoms with Crippen LogP contribution in [-0.4, -0.2) is 64.7 Å². The van der Waals surface area contributed by atoms with Gasteiger partial charge in [-0.15, -0.1) is 0 Å². The molecule has 0 atom stereocenters. The van der Waals surface area contributed by atoms with E-state index in [1.54, 1.807) is 0 Å². The third-order valence-electron chi connectivity index (χ3n) is 5.06. The van der Waals surface area contributed by atoms with Gasteiger partial charge in [0.1, 0.15) is 0 Å². The number of Topliss-reactive ketones (excluding diaryl/α,β-unsaturated/α-hetero) is 1. The van der Waals surface area contributed by atoms with Gasteiger partial charge < -0.3 is 27.0 Å². The fourth-order valence-corrected chi connectivity index (χ4v) is 3.60. The molecule has 0 bridgehead atoms. The zero-order valence-corrected chi connectivity index (χ0v) is 16.5. The number of rotatable bonds is 13. The highest BCUT2D eigenvalue weighted by Crippen LogP contribution is 2.30. The van der Waals surface area contributed by atoms with Gasteiger partial charge >= 0.3 is 0 Å². The first-order chi connectivity index (χ1) is 13.8. The quantitative estimate of drug-likeness (QED) is 0.277. The van der Waals surface area contributed by atoms with Gasteiger partial charge in [0.25, 0.3) is 0 Å². The number of carbonyl (C=O) groups is 1. The van der Waals surface area contributed by atoms with E-state index in [0.717, 1.165) is 79.8 Å². The van der Waals surface area contributed by atoms with E-state index in [-0.39, 0.29) is 5.78 Å². The molecule has 8 N–H and O–H groups in total. The zero-order chi connectivity index (χ0) is 19.6. The van der Waals surface area contributed by atoms with E-state index in [4.69, 9.17) is 5.73 Å². The normalized spacial score (nSPS) is 13.2. The molecule has 6 heteroatoms. The highest BCUT2D eigenvalue weighted by molar-refractivity contribution is 6.22. The lowest BCUT2D eigenvalue weighted by Crippen LogP contribution is -2.88. The summed E-state index contributed by atoms with van der Waals surface area (Å²) in [6.07, 6.45) is 2.04. The smallest absolute Gasteiger partial charge is 0.190 e. The van der Waals surface area contributed by atoms with Gasteiger partial charge in [0.15, 0.2) is 5.78 Å². The molecule has 0 unspecified atom stereocenters. The molecule has 0 saturated heterocycles. The summed E-state index contributed by atoms with van der Waals surface area (Å²) in [7, 11) is 0.